The number of nitrogens with one attached hydrogen (secondary N) is 1. The molecule has 76 valence electrons. The second-order valence-corrected chi connectivity index (χ2v) is 3.04. The van der Waals surface area contributed by atoms with Gasteiger partial charge in [-0.05, 0) is 11.6 Å². The molecule has 2 N–H and O–H groups in total. The minimum Gasteiger partial charge on any atom is -0.481 e. The number of aliphatic carboxylic acids is 1. The highest BCUT2D eigenvalue weighted by Crippen LogP contribution is 2.09. The molecule has 0 unspecified atom stereocenters. The van der Waals surface area contributed by atoms with E-state index < -0.39 is 5.97 Å². The van der Waals surface area contributed by atoms with Gasteiger partial charge in [-0.3, -0.25) is 4.79 Å². The van der Waals surface area contributed by atoms with Crippen LogP contribution in [0.15, 0.2) is 24.7 Å². The highest BCUT2D eigenvalue weighted by atomic mass is 16.4. The molecule has 2 aromatic heterocycles. The van der Waals surface area contributed by atoms with E-state index in [0.29, 0.717) is 5.65 Å². The van der Waals surface area contributed by atoms with Crippen LogP contribution in [0.2, 0.25) is 0 Å². The molecule has 0 aliphatic rings. The average molecular weight is 203 g/mol. The van der Waals surface area contributed by atoms with Crippen LogP contribution in [-0.2, 0) is 4.79 Å². The summed E-state index contributed by atoms with van der Waals surface area (Å²) in [7, 11) is 0. The number of nitrogens with zero attached hydrogens (tertiary/aromatic N) is 2. The van der Waals surface area contributed by atoms with Crippen molar-refractivity contribution in [1.82, 2.24) is 15.0 Å². The molecule has 15 heavy (non-hydrogen) atoms. The molecule has 0 aliphatic heterocycles. The molecule has 0 radical (unpaired) electrons. The summed E-state index contributed by atoms with van der Waals surface area (Å²) in [5.74, 6) is -0.846. The molecule has 5 heteroatoms. The van der Waals surface area contributed by atoms with E-state index in [0.717, 1.165) is 11.1 Å². The van der Waals surface area contributed by atoms with Gasteiger partial charge in [0.15, 0.2) is 5.65 Å². The lowest BCUT2D eigenvalue weighted by Crippen LogP contribution is -1.89. The van der Waals surface area contributed by atoms with E-state index in [4.69, 9.17) is 5.11 Å². The van der Waals surface area contributed by atoms with Crippen LogP contribution in [0.1, 0.15) is 12.0 Å². The van der Waals surface area contributed by atoms with E-state index in [2.05, 4.69) is 15.0 Å². The molecule has 0 bridgehead atoms. The van der Waals surface area contributed by atoms with E-state index in [9.17, 15) is 4.79 Å². The molecule has 2 aromatic rings. The number of carboxylic acid groups (broad SMARTS) is 1. The number of fused-ring (bicyclic) bond motifs is 1. The molecule has 0 aromatic carbocycles. The maximum Gasteiger partial charge on any atom is 0.307 e. The third-order valence-electron chi connectivity index (χ3n) is 1.90. The molecule has 0 saturated carbocycles. The van der Waals surface area contributed by atoms with E-state index in [1.54, 1.807) is 24.7 Å². The number of H-pyrrole nitrogens is 1. The standard InChI is InChI=1S/C10H9N3O2/c14-9(15)3-1-2-7-4-8-10(11-5-7)13-6-12-8/h1-2,4-6H,3H2,(H,14,15)(H,11,12,13). The van der Waals surface area contributed by atoms with Crippen molar-refractivity contribution in [2.24, 2.45) is 0 Å². The Bertz CT molecular complexity index is 516. The molecule has 2 rings (SSSR count). The molecule has 0 fully saturated rings. The van der Waals surface area contributed by atoms with Gasteiger partial charge < -0.3 is 10.1 Å². The van der Waals surface area contributed by atoms with Gasteiger partial charge in [0.05, 0.1) is 18.3 Å². The summed E-state index contributed by atoms with van der Waals surface area (Å²) in [5.41, 5.74) is 2.35. The van der Waals surface area contributed by atoms with Gasteiger partial charge in [0.2, 0.25) is 0 Å². The lowest BCUT2D eigenvalue weighted by atomic mass is 10.2. The normalized spacial score (nSPS) is 11.2. The fourth-order valence-electron chi connectivity index (χ4n) is 1.23. The first kappa shape index (κ1) is 9.39. The SMILES string of the molecule is O=C(O)CC=Cc1cnc2nc[nH]c2c1. The topological polar surface area (TPSA) is 78.9 Å². The van der Waals surface area contributed by atoms with Crippen molar-refractivity contribution in [3.8, 4) is 0 Å². The largest absolute Gasteiger partial charge is 0.481 e. The molecule has 2 heterocycles. The Morgan fingerprint density at radius 1 is 1.53 bits per heavy atom. The maximum absolute atomic E-state index is 10.3. The Hall–Kier alpha value is -2.17. The van der Waals surface area contributed by atoms with Gasteiger partial charge in [0.25, 0.3) is 0 Å². The van der Waals surface area contributed by atoms with Gasteiger partial charge in [-0.1, -0.05) is 12.2 Å². The number of hydrogen-bond donors (Lipinski definition) is 2. The highest BCUT2D eigenvalue weighted by molar-refractivity contribution is 5.74. The molecule has 0 spiro atoms. The molecule has 0 saturated heterocycles. The van der Waals surface area contributed by atoms with Crippen LogP contribution in [0, 0.1) is 0 Å². The monoisotopic (exact) mass is 203 g/mol. The van der Waals surface area contributed by atoms with Crippen molar-refractivity contribution in [3.63, 3.8) is 0 Å². The first-order valence-corrected chi connectivity index (χ1v) is 4.43. The maximum atomic E-state index is 10.3. The summed E-state index contributed by atoms with van der Waals surface area (Å²) in [6, 6.07) is 1.87. The zero-order chi connectivity index (χ0) is 10.7. The van der Waals surface area contributed by atoms with Gasteiger partial charge in [-0.2, -0.15) is 0 Å². The second-order valence-electron chi connectivity index (χ2n) is 3.04. The Balaban J connectivity index is 2.21. The lowest BCUT2D eigenvalue weighted by Gasteiger charge is -1.92. The average Bonchev–Trinajstić information content (AvgIpc) is 2.64. The minimum atomic E-state index is -0.846. The zero-order valence-electron chi connectivity index (χ0n) is 7.84. The molecule has 0 amide bonds. The van der Waals surface area contributed by atoms with Crippen LogP contribution in [0.5, 0.6) is 0 Å². The molecule has 0 aliphatic carbocycles. The van der Waals surface area contributed by atoms with E-state index >= 15 is 0 Å². The predicted molar refractivity (Wildman–Crippen MR) is 55.2 cm³/mol. The van der Waals surface area contributed by atoms with Gasteiger partial charge in [0.1, 0.15) is 0 Å². The molecular weight excluding hydrogens is 194 g/mol. The second kappa shape index (κ2) is 3.91. The molecule has 5 nitrogen and oxygen atoms in total. The zero-order valence-corrected chi connectivity index (χ0v) is 7.84. The number of imidazole rings is 1. The van der Waals surface area contributed by atoms with Crippen molar-refractivity contribution in [3.05, 3.63) is 30.2 Å². The van der Waals surface area contributed by atoms with Gasteiger partial charge in [-0.25, -0.2) is 9.97 Å². The summed E-state index contributed by atoms with van der Waals surface area (Å²) < 4.78 is 0. The number of carboxylic acids is 1. The fourth-order valence-corrected chi connectivity index (χ4v) is 1.23. The smallest absolute Gasteiger partial charge is 0.307 e. The summed E-state index contributed by atoms with van der Waals surface area (Å²) in [5, 5.41) is 8.45. The first-order chi connectivity index (χ1) is 7.25. The fraction of sp³-hybridized carbons (Fsp3) is 0.100. The Morgan fingerprint density at radius 3 is 3.20 bits per heavy atom. The quantitative estimate of drug-likeness (QED) is 0.791. The van der Waals surface area contributed by atoms with E-state index in [1.165, 1.54) is 0 Å². The number of aromatic amines is 1. The lowest BCUT2D eigenvalue weighted by molar-refractivity contribution is -0.135. The predicted octanol–water partition coefficient (Wildman–Crippen LogP) is 1.45. The van der Waals surface area contributed by atoms with Crippen molar-refractivity contribution in [1.29, 1.82) is 0 Å². The summed E-state index contributed by atoms with van der Waals surface area (Å²) >= 11 is 0. The molecule has 0 atom stereocenters. The van der Waals surface area contributed by atoms with Crippen LogP contribution in [0.25, 0.3) is 17.2 Å². The van der Waals surface area contributed by atoms with Crippen LogP contribution >= 0.6 is 0 Å². The van der Waals surface area contributed by atoms with Gasteiger partial charge >= 0.3 is 5.97 Å². The number of carbonyl (C=O) groups is 1. The van der Waals surface area contributed by atoms with Gasteiger partial charge in [0, 0.05) is 6.20 Å². The van der Waals surface area contributed by atoms with E-state index in [-0.39, 0.29) is 6.42 Å². The highest BCUT2D eigenvalue weighted by Gasteiger charge is 1.97. The van der Waals surface area contributed by atoms with Crippen LogP contribution in [0.3, 0.4) is 0 Å². The third-order valence-corrected chi connectivity index (χ3v) is 1.90. The van der Waals surface area contributed by atoms with Crippen molar-refractivity contribution in [2.75, 3.05) is 0 Å². The molecular formula is C10H9N3O2. The first-order valence-electron chi connectivity index (χ1n) is 4.43. The third kappa shape index (κ3) is 2.19. The van der Waals surface area contributed by atoms with Crippen LogP contribution in [0.4, 0.5) is 0 Å². The Morgan fingerprint density at radius 2 is 2.40 bits per heavy atom. The van der Waals surface area contributed by atoms with Crippen LogP contribution < -0.4 is 0 Å². The summed E-state index contributed by atoms with van der Waals surface area (Å²) in [6.07, 6.45) is 6.55. The number of rotatable bonds is 3. The Labute approximate surface area is 85.5 Å². The minimum absolute atomic E-state index is 0.0149. The van der Waals surface area contributed by atoms with Crippen molar-refractivity contribution < 1.29 is 9.90 Å². The van der Waals surface area contributed by atoms with E-state index in [1.807, 2.05) is 6.07 Å². The number of hydrogen-bond acceptors (Lipinski definition) is 3. The number of pyridine rings is 1. The Kier molecular flexibility index (Phi) is 2.45. The van der Waals surface area contributed by atoms with Crippen LogP contribution in [-0.4, -0.2) is 26.0 Å². The summed E-state index contributed by atoms with van der Waals surface area (Å²) in [4.78, 5) is 21.3. The number of aromatic nitrogens is 3. The van der Waals surface area contributed by atoms with Gasteiger partial charge in [-0.15, -0.1) is 0 Å². The summed E-state index contributed by atoms with van der Waals surface area (Å²) in [6.45, 7) is 0. The van der Waals surface area contributed by atoms with Crippen molar-refractivity contribution in [2.45, 2.75) is 6.42 Å². The van der Waals surface area contributed by atoms with Crippen molar-refractivity contribution >= 4 is 23.2 Å².